The van der Waals surface area contributed by atoms with Gasteiger partial charge in [-0.15, -0.1) is 0 Å². The fourth-order valence-corrected chi connectivity index (χ4v) is 6.78. The van der Waals surface area contributed by atoms with Crippen molar-refractivity contribution in [3.8, 4) is 0 Å². The monoisotopic (exact) mass is 419 g/mol. The minimum Gasteiger partial charge on any atom is -0.350 e. The molecule has 3 fully saturated rings. The molecule has 1 aromatic carbocycles. The number of likely N-dealkylation sites (tertiary alicyclic amines) is 1. The van der Waals surface area contributed by atoms with Gasteiger partial charge in [-0.3, -0.25) is 4.79 Å². The quantitative estimate of drug-likeness (QED) is 0.795. The molecule has 3 aliphatic heterocycles. The summed E-state index contributed by atoms with van der Waals surface area (Å²) in [5, 5.41) is 3.29. The van der Waals surface area contributed by atoms with Crippen LogP contribution in [0.15, 0.2) is 29.2 Å². The molecule has 0 saturated carbocycles. The molecule has 0 aromatic heterocycles. The molecule has 3 heterocycles. The van der Waals surface area contributed by atoms with E-state index in [4.69, 9.17) is 0 Å². The molecule has 3 aliphatic rings. The van der Waals surface area contributed by atoms with Crippen molar-refractivity contribution in [2.75, 3.05) is 32.7 Å². The summed E-state index contributed by atoms with van der Waals surface area (Å²) < 4.78 is 27.7. The third-order valence-corrected chi connectivity index (χ3v) is 9.27. The fourth-order valence-electron chi connectivity index (χ4n) is 5.34. The van der Waals surface area contributed by atoms with Crippen LogP contribution in [0.1, 0.15) is 38.7 Å². The summed E-state index contributed by atoms with van der Waals surface area (Å²) in [7, 11) is -3.48. The van der Waals surface area contributed by atoms with Gasteiger partial charge in [0.1, 0.15) is 0 Å². The molecule has 1 spiro atoms. The highest BCUT2D eigenvalue weighted by Gasteiger charge is 2.57. The van der Waals surface area contributed by atoms with E-state index in [0.29, 0.717) is 42.7 Å². The molecule has 29 heavy (non-hydrogen) atoms. The van der Waals surface area contributed by atoms with E-state index in [2.05, 4.69) is 24.1 Å². The van der Waals surface area contributed by atoms with Crippen molar-refractivity contribution in [2.24, 2.45) is 17.8 Å². The lowest BCUT2D eigenvalue weighted by Crippen LogP contribution is -2.56. The maximum absolute atomic E-state index is 13.0. The fraction of sp³-hybridized carbons (Fsp3) is 0.682. The summed E-state index contributed by atoms with van der Waals surface area (Å²) in [4.78, 5) is 15.5. The summed E-state index contributed by atoms with van der Waals surface area (Å²) in [6.45, 7) is 10.2. The maximum atomic E-state index is 13.0. The van der Waals surface area contributed by atoms with Gasteiger partial charge in [0.25, 0.3) is 0 Å². The van der Waals surface area contributed by atoms with Gasteiger partial charge in [0.05, 0.1) is 10.8 Å². The van der Waals surface area contributed by atoms with Crippen LogP contribution in [0.2, 0.25) is 0 Å². The predicted molar refractivity (Wildman–Crippen MR) is 113 cm³/mol. The highest BCUT2D eigenvalue weighted by atomic mass is 32.2. The van der Waals surface area contributed by atoms with E-state index in [1.807, 2.05) is 19.1 Å². The largest absolute Gasteiger partial charge is 0.350 e. The van der Waals surface area contributed by atoms with E-state index in [9.17, 15) is 13.2 Å². The van der Waals surface area contributed by atoms with Gasteiger partial charge >= 0.3 is 0 Å². The number of fused-ring (bicyclic) bond motifs is 2. The summed E-state index contributed by atoms with van der Waals surface area (Å²) in [6, 6.07) is 7.05. The van der Waals surface area contributed by atoms with Crippen LogP contribution >= 0.6 is 0 Å². The molecular formula is C22H33N3O3S. The minimum absolute atomic E-state index is 0.0549. The molecular weight excluding hydrogens is 386 g/mol. The van der Waals surface area contributed by atoms with E-state index in [1.54, 1.807) is 16.4 Å². The van der Waals surface area contributed by atoms with Gasteiger partial charge in [-0.05, 0) is 37.8 Å². The van der Waals surface area contributed by atoms with Gasteiger partial charge in [0, 0.05) is 44.2 Å². The second-order valence-electron chi connectivity index (χ2n) is 9.31. The number of nitrogens with one attached hydrogen (secondary N) is 1. The first kappa shape index (κ1) is 20.8. The smallest absolute Gasteiger partial charge is 0.243 e. The Balaban J connectivity index is 1.46. The molecule has 7 heteroatoms. The van der Waals surface area contributed by atoms with E-state index in [0.717, 1.165) is 31.6 Å². The summed E-state index contributed by atoms with van der Waals surface area (Å²) >= 11 is 0. The number of amides is 1. The number of hydrogen-bond donors (Lipinski definition) is 1. The van der Waals surface area contributed by atoms with E-state index >= 15 is 0 Å². The topological polar surface area (TPSA) is 69.7 Å². The standard InChI is InChI=1S/C22H33N3O3S/c1-4-16(2)13-24-14-19-20(15-24)22(23-21(19)26)9-11-25(12-10-22)29(27,28)18-7-5-17(3)6-8-18/h5-8,16,19-20H,4,9-15H2,1-3H3,(H,23,26)/t16?,19-,20+/m1/s1. The Morgan fingerprint density at radius 1 is 1.17 bits per heavy atom. The van der Waals surface area contributed by atoms with Crippen LogP contribution in [0.4, 0.5) is 0 Å². The van der Waals surface area contributed by atoms with E-state index in [1.165, 1.54) is 0 Å². The third kappa shape index (κ3) is 3.73. The Kier molecular flexibility index (Phi) is 5.51. The van der Waals surface area contributed by atoms with Crippen LogP contribution in [-0.2, 0) is 14.8 Å². The Hall–Kier alpha value is -1.44. The molecule has 4 rings (SSSR count). The van der Waals surface area contributed by atoms with Crippen molar-refractivity contribution in [1.82, 2.24) is 14.5 Å². The maximum Gasteiger partial charge on any atom is 0.243 e. The highest BCUT2D eigenvalue weighted by molar-refractivity contribution is 7.89. The van der Waals surface area contributed by atoms with Crippen molar-refractivity contribution in [3.05, 3.63) is 29.8 Å². The van der Waals surface area contributed by atoms with Crippen LogP contribution < -0.4 is 5.32 Å². The Morgan fingerprint density at radius 2 is 1.83 bits per heavy atom. The molecule has 1 aromatic rings. The van der Waals surface area contributed by atoms with Gasteiger partial charge in [-0.1, -0.05) is 38.0 Å². The summed E-state index contributed by atoms with van der Waals surface area (Å²) in [5.74, 6) is 1.15. The lowest BCUT2D eigenvalue weighted by atomic mass is 9.76. The van der Waals surface area contributed by atoms with Crippen molar-refractivity contribution in [2.45, 2.75) is 50.5 Å². The van der Waals surface area contributed by atoms with Crippen LogP contribution in [0.25, 0.3) is 0 Å². The molecule has 160 valence electrons. The van der Waals surface area contributed by atoms with Crippen molar-refractivity contribution < 1.29 is 13.2 Å². The first-order chi connectivity index (χ1) is 13.7. The number of piperidine rings is 1. The van der Waals surface area contributed by atoms with Gasteiger partial charge in [0.2, 0.25) is 15.9 Å². The zero-order valence-corrected chi connectivity index (χ0v) is 18.5. The molecule has 0 bridgehead atoms. The number of rotatable bonds is 5. The van der Waals surface area contributed by atoms with Crippen LogP contribution in [-0.4, -0.2) is 61.8 Å². The zero-order valence-electron chi connectivity index (χ0n) is 17.7. The van der Waals surface area contributed by atoms with E-state index < -0.39 is 10.0 Å². The average Bonchev–Trinajstić information content (AvgIpc) is 3.22. The molecule has 1 unspecified atom stereocenters. The minimum atomic E-state index is -3.48. The molecule has 1 N–H and O–H groups in total. The number of sulfonamides is 1. The predicted octanol–water partition coefficient (Wildman–Crippen LogP) is 2.24. The number of aryl methyl sites for hydroxylation is 1. The van der Waals surface area contributed by atoms with E-state index in [-0.39, 0.29) is 17.4 Å². The number of nitrogens with zero attached hydrogens (tertiary/aromatic N) is 2. The van der Waals surface area contributed by atoms with Crippen molar-refractivity contribution >= 4 is 15.9 Å². The Morgan fingerprint density at radius 3 is 2.45 bits per heavy atom. The lowest BCUT2D eigenvalue weighted by molar-refractivity contribution is -0.123. The highest BCUT2D eigenvalue weighted by Crippen LogP contribution is 2.44. The first-order valence-corrected chi connectivity index (χ1v) is 12.3. The van der Waals surface area contributed by atoms with Gasteiger partial charge in [-0.2, -0.15) is 4.31 Å². The van der Waals surface area contributed by atoms with Gasteiger partial charge in [0.15, 0.2) is 0 Å². The number of benzene rings is 1. The number of carbonyl (C=O) groups is 1. The van der Waals surface area contributed by atoms with Crippen molar-refractivity contribution in [3.63, 3.8) is 0 Å². The molecule has 0 aliphatic carbocycles. The normalized spacial score (nSPS) is 28.4. The first-order valence-electron chi connectivity index (χ1n) is 10.9. The van der Waals surface area contributed by atoms with Crippen molar-refractivity contribution in [1.29, 1.82) is 0 Å². The summed E-state index contributed by atoms with van der Waals surface area (Å²) in [6.07, 6.45) is 2.54. The number of hydrogen-bond acceptors (Lipinski definition) is 4. The second kappa shape index (κ2) is 7.67. The van der Waals surface area contributed by atoms with Crippen LogP contribution in [0.5, 0.6) is 0 Å². The third-order valence-electron chi connectivity index (χ3n) is 7.35. The van der Waals surface area contributed by atoms with Crippen LogP contribution in [0.3, 0.4) is 0 Å². The molecule has 6 nitrogen and oxygen atoms in total. The Bertz CT molecular complexity index is 860. The van der Waals surface area contributed by atoms with Crippen LogP contribution in [0, 0.1) is 24.7 Å². The molecule has 3 saturated heterocycles. The Labute approximate surface area is 174 Å². The van der Waals surface area contributed by atoms with Gasteiger partial charge < -0.3 is 10.2 Å². The second-order valence-corrected chi connectivity index (χ2v) is 11.2. The summed E-state index contributed by atoms with van der Waals surface area (Å²) in [5.41, 5.74) is 0.801. The molecule has 0 radical (unpaired) electrons. The molecule has 3 atom stereocenters. The number of carbonyl (C=O) groups excluding carboxylic acids is 1. The zero-order chi connectivity index (χ0) is 20.8. The molecule has 1 amide bonds. The average molecular weight is 420 g/mol. The van der Waals surface area contributed by atoms with Gasteiger partial charge in [-0.25, -0.2) is 8.42 Å². The SMILES string of the molecule is CCC(C)CN1C[C@H]2C(=O)NC3(CCN(S(=O)(=O)c4ccc(C)cc4)CC3)[C@H]2C1. The lowest BCUT2D eigenvalue weighted by Gasteiger charge is -2.42.